The van der Waals surface area contributed by atoms with Gasteiger partial charge in [0.15, 0.2) is 0 Å². The first-order chi connectivity index (χ1) is 11.8. The summed E-state index contributed by atoms with van der Waals surface area (Å²) < 4.78 is 25.4. The van der Waals surface area contributed by atoms with Gasteiger partial charge in [-0.2, -0.15) is 0 Å². The molecule has 0 saturated heterocycles. The third kappa shape index (κ3) is 4.80. The summed E-state index contributed by atoms with van der Waals surface area (Å²) in [5.41, 5.74) is 1.39. The molecule has 0 aromatic heterocycles. The minimum Gasteiger partial charge on any atom is -0.373 e. The highest BCUT2D eigenvalue weighted by atomic mass is 32.2. The molecular formula is C18H23N3O3S. The number of sulfonamides is 1. The summed E-state index contributed by atoms with van der Waals surface area (Å²) in [6.07, 6.45) is 0. The average Bonchev–Trinajstić information content (AvgIpc) is 2.62. The molecule has 0 fully saturated rings. The van der Waals surface area contributed by atoms with Gasteiger partial charge in [0.1, 0.15) is 0 Å². The third-order valence-electron chi connectivity index (χ3n) is 3.80. The Morgan fingerprint density at radius 2 is 1.68 bits per heavy atom. The van der Waals surface area contributed by atoms with Crippen LogP contribution in [-0.2, 0) is 10.0 Å². The predicted octanol–water partition coefficient (Wildman–Crippen LogP) is 1.80. The fourth-order valence-corrected chi connectivity index (χ4v) is 3.21. The highest BCUT2D eigenvalue weighted by Crippen LogP contribution is 2.15. The molecule has 134 valence electrons. The van der Waals surface area contributed by atoms with Crippen LogP contribution in [0.25, 0.3) is 0 Å². The number of para-hydroxylation sites is 1. The van der Waals surface area contributed by atoms with Crippen molar-refractivity contribution in [2.75, 3.05) is 39.1 Å². The SMILES string of the molecule is CN(CCNC(=O)c1cccc(S(=O)(=O)N(C)C)c1)c1ccccc1. The molecule has 0 aliphatic rings. The largest absolute Gasteiger partial charge is 0.373 e. The van der Waals surface area contributed by atoms with E-state index in [0.29, 0.717) is 18.7 Å². The normalized spacial score (nSPS) is 11.4. The van der Waals surface area contributed by atoms with Crippen molar-refractivity contribution in [3.63, 3.8) is 0 Å². The Kier molecular flexibility index (Phi) is 6.17. The molecule has 0 saturated carbocycles. The quantitative estimate of drug-likeness (QED) is 0.816. The van der Waals surface area contributed by atoms with Crippen molar-refractivity contribution < 1.29 is 13.2 Å². The molecule has 2 aromatic carbocycles. The maximum Gasteiger partial charge on any atom is 0.251 e. The molecule has 25 heavy (non-hydrogen) atoms. The van der Waals surface area contributed by atoms with E-state index in [4.69, 9.17) is 0 Å². The van der Waals surface area contributed by atoms with Crippen molar-refractivity contribution in [2.45, 2.75) is 4.90 Å². The van der Waals surface area contributed by atoms with Crippen LogP contribution in [0.5, 0.6) is 0 Å². The van der Waals surface area contributed by atoms with Crippen molar-refractivity contribution in [2.24, 2.45) is 0 Å². The van der Waals surface area contributed by atoms with Crippen molar-refractivity contribution >= 4 is 21.6 Å². The maximum absolute atomic E-state index is 12.3. The Hall–Kier alpha value is -2.38. The number of hydrogen-bond donors (Lipinski definition) is 1. The monoisotopic (exact) mass is 361 g/mol. The van der Waals surface area contributed by atoms with Gasteiger partial charge in [0.25, 0.3) is 5.91 Å². The molecule has 1 N–H and O–H groups in total. The lowest BCUT2D eigenvalue weighted by Crippen LogP contribution is -2.33. The summed E-state index contributed by atoms with van der Waals surface area (Å²) in [5, 5.41) is 2.82. The molecule has 2 aromatic rings. The Morgan fingerprint density at radius 1 is 1.00 bits per heavy atom. The number of carbonyl (C=O) groups excluding carboxylic acids is 1. The molecule has 0 spiro atoms. The number of benzene rings is 2. The molecule has 0 atom stereocenters. The van der Waals surface area contributed by atoms with Gasteiger partial charge in [-0.05, 0) is 30.3 Å². The van der Waals surface area contributed by atoms with Crippen LogP contribution in [0.3, 0.4) is 0 Å². The molecular weight excluding hydrogens is 338 g/mol. The first-order valence-electron chi connectivity index (χ1n) is 7.89. The maximum atomic E-state index is 12.3. The molecule has 0 aliphatic heterocycles. The van der Waals surface area contributed by atoms with Crippen molar-refractivity contribution in [1.29, 1.82) is 0 Å². The molecule has 2 rings (SSSR count). The molecule has 0 unspecified atom stereocenters. The van der Waals surface area contributed by atoms with E-state index in [1.54, 1.807) is 12.1 Å². The predicted molar refractivity (Wildman–Crippen MR) is 99.4 cm³/mol. The highest BCUT2D eigenvalue weighted by Gasteiger charge is 2.18. The van der Waals surface area contributed by atoms with E-state index in [9.17, 15) is 13.2 Å². The van der Waals surface area contributed by atoms with Crippen LogP contribution in [0.4, 0.5) is 5.69 Å². The van der Waals surface area contributed by atoms with E-state index in [1.165, 1.54) is 26.2 Å². The highest BCUT2D eigenvalue weighted by molar-refractivity contribution is 7.89. The van der Waals surface area contributed by atoms with Crippen molar-refractivity contribution in [1.82, 2.24) is 9.62 Å². The van der Waals surface area contributed by atoms with Crippen LogP contribution in [0.2, 0.25) is 0 Å². The summed E-state index contributed by atoms with van der Waals surface area (Å²) >= 11 is 0. The van der Waals surface area contributed by atoms with Gasteiger partial charge in [-0.3, -0.25) is 4.79 Å². The van der Waals surface area contributed by atoms with E-state index in [0.717, 1.165) is 9.99 Å². The molecule has 1 amide bonds. The summed E-state index contributed by atoms with van der Waals surface area (Å²) in [6.45, 7) is 1.10. The van der Waals surface area contributed by atoms with Crippen LogP contribution in [-0.4, -0.2) is 52.9 Å². The number of rotatable bonds is 7. The molecule has 0 radical (unpaired) electrons. The van der Waals surface area contributed by atoms with Crippen LogP contribution in [0.1, 0.15) is 10.4 Å². The lowest BCUT2D eigenvalue weighted by atomic mass is 10.2. The first kappa shape index (κ1) is 19.0. The van der Waals surface area contributed by atoms with Gasteiger partial charge in [0.2, 0.25) is 10.0 Å². The summed E-state index contributed by atoms with van der Waals surface area (Å²) in [5.74, 6) is -0.294. The topological polar surface area (TPSA) is 69.7 Å². The van der Waals surface area contributed by atoms with Crippen LogP contribution in [0, 0.1) is 0 Å². The Balaban J connectivity index is 1.98. The summed E-state index contributed by atoms with van der Waals surface area (Å²) in [4.78, 5) is 14.4. The Bertz CT molecular complexity index is 820. The van der Waals surface area contributed by atoms with Gasteiger partial charge in [0, 0.05) is 45.5 Å². The summed E-state index contributed by atoms with van der Waals surface area (Å²) in [6, 6.07) is 15.9. The van der Waals surface area contributed by atoms with Gasteiger partial charge >= 0.3 is 0 Å². The lowest BCUT2D eigenvalue weighted by Gasteiger charge is -2.19. The van der Waals surface area contributed by atoms with Crippen molar-refractivity contribution in [3.05, 3.63) is 60.2 Å². The molecule has 0 bridgehead atoms. The minimum atomic E-state index is -3.56. The zero-order valence-electron chi connectivity index (χ0n) is 14.6. The Labute approximate surface area is 149 Å². The second-order valence-corrected chi connectivity index (χ2v) is 7.98. The number of amides is 1. The fraction of sp³-hybridized carbons (Fsp3) is 0.278. The first-order valence-corrected chi connectivity index (χ1v) is 9.33. The van der Waals surface area contributed by atoms with Crippen LogP contribution in [0.15, 0.2) is 59.5 Å². The second kappa shape index (κ2) is 8.13. The van der Waals surface area contributed by atoms with Crippen LogP contribution < -0.4 is 10.2 Å². The van der Waals surface area contributed by atoms with Crippen LogP contribution >= 0.6 is 0 Å². The van der Waals surface area contributed by atoms with Gasteiger partial charge < -0.3 is 10.2 Å². The van der Waals surface area contributed by atoms with Gasteiger partial charge in [-0.1, -0.05) is 24.3 Å². The number of nitrogens with one attached hydrogen (secondary N) is 1. The van der Waals surface area contributed by atoms with E-state index in [2.05, 4.69) is 5.32 Å². The molecule has 0 aliphatic carbocycles. The van der Waals surface area contributed by atoms with Gasteiger partial charge in [0.05, 0.1) is 4.90 Å². The molecule has 6 nitrogen and oxygen atoms in total. The number of anilines is 1. The van der Waals surface area contributed by atoms with E-state index in [1.807, 2.05) is 42.3 Å². The average molecular weight is 361 g/mol. The standard InChI is InChI=1S/C18H23N3O3S/c1-20(2)25(23,24)17-11-7-8-15(14-17)18(22)19-12-13-21(3)16-9-5-4-6-10-16/h4-11,14H,12-13H2,1-3H3,(H,19,22). The number of carbonyl (C=O) groups is 1. The smallest absolute Gasteiger partial charge is 0.251 e. The zero-order chi connectivity index (χ0) is 18.4. The van der Waals surface area contributed by atoms with Gasteiger partial charge in [-0.15, -0.1) is 0 Å². The fourth-order valence-electron chi connectivity index (χ4n) is 2.26. The van der Waals surface area contributed by atoms with E-state index < -0.39 is 10.0 Å². The Morgan fingerprint density at radius 3 is 2.32 bits per heavy atom. The number of hydrogen-bond acceptors (Lipinski definition) is 4. The van der Waals surface area contributed by atoms with E-state index in [-0.39, 0.29) is 10.8 Å². The van der Waals surface area contributed by atoms with E-state index >= 15 is 0 Å². The number of nitrogens with zero attached hydrogens (tertiary/aromatic N) is 2. The summed E-state index contributed by atoms with van der Waals surface area (Å²) in [7, 11) is 1.31. The molecule has 7 heteroatoms. The molecule has 0 heterocycles. The number of likely N-dealkylation sites (N-methyl/N-ethyl adjacent to an activating group) is 1. The van der Waals surface area contributed by atoms with Crippen molar-refractivity contribution in [3.8, 4) is 0 Å². The second-order valence-electron chi connectivity index (χ2n) is 5.83. The lowest BCUT2D eigenvalue weighted by molar-refractivity contribution is 0.0954. The van der Waals surface area contributed by atoms with Gasteiger partial charge in [-0.25, -0.2) is 12.7 Å². The third-order valence-corrected chi connectivity index (χ3v) is 5.62. The minimum absolute atomic E-state index is 0.103. The zero-order valence-corrected chi connectivity index (χ0v) is 15.5.